The van der Waals surface area contributed by atoms with E-state index in [0.717, 1.165) is 26.1 Å². The Morgan fingerprint density at radius 3 is 3.00 bits per heavy atom. The van der Waals surface area contributed by atoms with Gasteiger partial charge in [0.25, 0.3) is 0 Å². The predicted octanol–water partition coefficient (Wildman–Crippen LogP) is 1.27. The van der Waals surface area contributed by atoms with Crippen molar-refractivity contribution >= 4 is 0 Å². The Labute approximate surface area is 80.4 Å². The van der Waals surface area contributed by atoms with Gasteiger partial charge in [0.15, 0.2) is 0 Å². The van der Waals surface area contributed by atoms with Crippen molar-refractivity contribution in [3.05, 3.63) is 35.9 Å². The highest BCUT2D eigenvalue weighted by Crippen LogP contribution is 2.01. The fourth-order valence-corrected chi connectivity index (χ4v) is 1.28. The molecule has 1 rings (SSSR count). The second kappa shape index (κ2) is 5.73. The molecule has 0 unspecified atom stereocenters. The van der Waals surface area contributed by atoms with Crippen LogP contribution in [-0.2, 0) is 6.54 Å². The molecule has 71 valence electrons. The Kier molecular flexibility index (Phi) is 4.50. The van der Waals surface area contributed by atoms with E-state index in [9.17, 15) is 0 Å². The van der Waals surface area contributed by atoms with Gasteiger partial charge >= 0.3 is 0 Å². The standard InChI is InChI=1S/C11H17N2/c1-13(9-5-8-12)10-11-6-3-2-4-7-11/h2-3,6-7H,5,8-10,12H2,1H3. The Morgan fingerprint density at radius 1 is 1.54 bits per heavy atom. The van der Waals surface area contributed by atoms with Gasteiger partial charge in [-0.3, -0.25) is 0 Å². The number of hydrogen-bond acceptors (Lipinski definition) is 2. The largest absolute Gasteiger partial charge is 0.330 e. The topological polar surface area (TPSA) is 29.3 Å². The minimum atomic E-state index is 0.769. The van der Waals surface area contributed by atoms with Gasteiger partial charge in [0.2, 0.25) is 0 Å². The Hall–Kier alpha value is -0.860. The molecule has 0 aliphatic heterocycles. The van der Waals surface area contributed by atoms with Gasteiger partial charge in [-0.1, -0.05) is 18.2 Å². The van der Waals surface area contributed by atoms with Crippen LogP contribution in [0.3, 0.4) is 0 Å². The molecular weight excluding hydrogens is 160 g/mol. The molecule has 0 spiro atoms. The fraction of sp³-hybridized carbons (Fsp3) is 0.455. The van der Waals surface area contributed by atoms with Crippen LogP contribution in [0, 0.1) is 6.07 Å². The van der Waals surface area contributed by atoms with Crippen LogP contribution in [0.4, 0.5) is 0 Å². The third kappa shape index (κ3) is 4.06. The van der Waals surface area contributed by atoms with E-state index in [4.69, 9.17) is 5.73 Å². The molecule has 13 heavy (non-hydrogen) atoms. The summed E-state index contributed by atoms with van der Waals surface area (Å²) < 4.78 is 0. The summed E-state index contributed by atoms with van der Waals surface area (Å²) in [6.07, 6.45) is 1.06. The van der Waals surface area contributed by atoms with Crippen LogP contribution in [0.25, 0.3) is 0 Å². The van der Waals surface area contributed by atoms with Gasteiger partial charge in [0, 0.05) is 6.54 Å². The molecule has 0 bridgehead atoms. The van der Waals surface area contributed by atoms with Crippen LogP contribution < -0.4 is 5.73 Å². The highest BCUT2D eigenvalue weighted by Gasteiger charge is 1.97. The summed E-state index contributed by atoms with van der Waals surface area (Å²) in [4.78, 5) is 2.27. The van der Waals surface area contributed by atoms with Crippen molar-refractivity contribution in [2.75, 3.05) is 20.1 Å². The molecule has 0 heterocycles. The Morgan fingerprint density at radius 2 is 2.38 bits per heavy atom. The summed E-state index contributed by atoms with van der Waals surface area (Å²) in [6.45, 7) is 2.81. The van der Waals surface area contributed by atoms with E-state index in [1.165, 1.54) is 5.56 Å². The third-order valence-electron chi connectivity index (χ3n) is 1.97. The van der Waals surface area contributed by atoms with Crippen molar-refractivity contribution in [3.8, 4) is 0 Å². The summed E-state index contributed by atoms with van der Waals surface area (Å²) in [5, 5.41) is 0. The molecule has 0 fully saturated rings. The zero-order chi connectivity index (χ0) is 9.52. The molecule has 2 heteroatoms. The lowest BCUT2D eigenvalue weighted by atomic mass is 10.2. The van der Waals surface area contributed by atoms with Crippen molar-refractivity contribution in [1.29, 1.82) is 0 Å². The van der Waals surface area contributed by atoms with Gasteiger partial charge in [-0.2, -0.15) is 0 Å². The fourth-order valence-electron chi connectivity index (χ4n) is 1.28. The first kappa shape index (κ1) is 10.2. The molecule has 1 aromatic carbocycles. The average molecular weight is 177 g/mol. The number of nitrogens with zero attached hydrogens (tertiary/aromatic N) is 1. The van der Waals surface area contributed by atoms with Gasteiger partial charge in [0.05, 0.1) is 0 Å². The molecule has 0 atom stereocenters. The van der Waals surface area contributed by atoms with E-state index in [1.54, 1.807) is 0 Å². The first-order valence-electron chi connectivity index (χ1n) is 4.66. The highest BCUT2D eigenvalue weighted by atomic mass is 15.1. The third-order valence-corrected chi connectivity index (χ3v) is 1.97. The second-order valence-electron chi connectivity index (χ2n) is 3.29. The number of hydrogen-bond donors (Lipinski definition) is 1. The Bertz CT molecular complexity index is 221. The quantitative estimate of drug-likeness (QED) is 0.734. The van der Waals surface area contributed by atoms with E-state index < -0.39 is 0 Å². The van der Waals surface area contributed by atoms with Crippen LogP contribution in [0.2, 0.25) is 0 Å². The van der Waals surface area contributed by atoms with Gasteiger partial charge < -0.3 is 10.6 Å². The van der Waals surface area contributed by atoms with Crippen molar-refractivity contribution in [2.45, 2.75) is 13.0 Å². The SMILES string of the molecule is CN(CCCN)Cc1c[c]ccc1. The minimum Gasteiger partial charge on any atom is -0.330 e. The van der Waals surface area contributed by atoms with Gasteiger partial charge in [-0.25, -0.2) is 0 Å². The van der Waals surface area contributed by atoms with Gasteiger partial charge in [-0.05, 0) is 44.3 Å². The van der Waals surface area contributed by atoms with E-state index in [-0.39, 0.29) is 0 Å². The van der Waals surface area contributed by atoms with Crippen molar-refractivity contribution in [1.82, 2.24) is 4.90 Å². The molecule has 0 saturated carbocycles. The van der Waals surface area contributed by atoms with E-state index in [1.807, 2.05) is 18.2 Å². The maximum atomic E-state index is 5.44. The second-order valence-corrected chi connectivity index (χ2v) is 3.29. The van der Waals surface area contributed by atoms with Crippen LogP contribution in [-0.4, -0.2) is 25.0 Å². The molecule has 2 N–H and O–H groups in total. The zero-order valence-electron chi connectivity index (χ0n) is 8.16. The smallest absolute Gasteiger partial charge is 0.0230 e. The summed E-state index contributed by atoms with van der Waals surface area (Å²) in [5.41, 5.74) is 6.74. The molecule has 0 aliphatic carbocycles. The summed E-state index contributed by atoms with van der Waals surface area (Å²) in [6, 6.07) is 11.2. The van der Waals surface area contributed by atoms with Crippen LogP contribution >= 0.6 is 0 Å². The zero-order valence-corrected chi connectivity index (χ0v) is 8.16. The lowest BCUT2D eigenvalue weighted by Gasteiger charge is -2.15. The monoisotopic (exact) mass is 177 g/mol. The van der Waals surface area contributed by atoms with Gasteiger partial charge in [0.1, 0.15) is 0 Å². The first-order chi connectivity index (χ1) is 6.33. The van der Waals surface area contributed by atoms with Crippen LogP contribution in [0.15, 0.2) is 24.3 Å². The summed E-state index contributed by atoms with van der Waals surface area (Å²) in [7, 11) is 2.11. The Balaban J connectivity index is 2.32. The van der Waals surface area contributed by atoms with Gasteiger partial charge in [-0.15, -0.1) is 0 Å². The normalized spacial score (nSPS) is 10.7. The molecular formula is C11H17N2. The van der Waals surface area contributed by atoms with Crippen LogP contribution in [0.5, 0.6) is 0 Å². The maximum Gasteiger partial charge on any atom is 0.0230 e. The molecule has 0 aromatic heterocycles. The number of rotatable bonds is 5. The lowest BCUT2D eigenvalue weighted by Crippen LogP contribution is -2.21. The number of nitrogens with two attached hydrogens (primary N) is 1. The molecule has 0 aliphatic rings. The molecule has 0 amide bonds. The molecule has 0 saturated heterocycles. The van der Waals surface area contributed by atoms with Crippen molar-refractivity contribution in [2.24, 2.45) is 5.73 Å². The summed E-state index contributed by atoms with van der Waals surface area (Å²) in [5.74, 6) is 0. The summed E-state index contributed by atoms with van der Waals surface area (Å²) >= 11 is 0. The highest BCUT2D eigenvalue weighted by molar-refractivity contribution is 5.13. The first-order valence-corrected chi connectivity index (χ1v) is 4.66. The van der Waals surface area contributed by atoms with Crippen molar-refractivity contribution < 1.29 is 0 Å². The lowest BCUT2D eigenvalue weighted by molar-refractivity contribution is 0.324. The maximum absolute atomic E-state index is 5.44. The van der Waals surface area contributed by atoms with Crippen molar-refractivity contribution in [3.63, 3.8) is 0 Å². The molecule has 1 aromatic rings. The molecule has 1 radical (unpaired) electrons. The van der Waals surface area contributed by atoms with E-state index >= 15 is 0 Å². The minimum absolute atomic E-state index is 0.769. The predicted molar refractivity (Wildman–Crippen MR) is 55.3 cm³/mol. The van der Waals surface area contributed by atoms with Crippen LogP contribution in [0.1, 0.15) is 12.0 Å². The van der Waals surface area contributed by atoms with E-state index in [2.05, 4.69) is 24.1 Å². The average Bonchev–Trinajstić information content (AvgIpc) is 2.16. The molecule has 2 nitrogen and oxygen atoms in total. The number of benzene rings is 1. The van der Waals surface area contributed by atoms with E-state index in [0.29, 0.717) is 0 Å².